The van der Waals surface area contributed by atoms with Gasteiger partial charge < -0.3 is 10.6 Å². The average Bonchev–Trinajstić information content (AvgIpc) is 2.53. The van der Waals surface area contributed by atoms with Crippen molar-refractivity contribution in [2.24, 2.45) is 16.6 Å². The molecule has 1 aromatic heterocycles. The number of piperidine rings is 1. The highest BCUT2D eigenvalue weighted by Crippen LogP contribution is 2.36. The third-order valence-electron chi connectivity index (χ3n) is 5.14. The lowest BCUT2D eigenvalue weighted by Gasteiger charge is -2.44. The van der Waals surface area contributed by atoms with Crippen LogP contribution in [0.5, 0.6) is 0 Å². The second-order valence-electron chi connectivity index (χ2n) is 6.90. The van der Waals surface area contributed by atoms with Crippen LogP contribution in [0.1, 0.15) is 31.9 Å². The highest BCUT2D eigenvalue weighted by Gasteiger charge is 2.42. The molecule has 0 saturated carbocycles. The van der Waals surface area contributed by atoms with E-state index in [2.05, 4.69) is 33.9 Å². The summed E-state index contributed by atoms with van der Waals surface area (Å²) in [7, 11) is 1.69. The molecule has 124 valence electrons. The Morgan fingerprint density at radius 2 is 2.22 bits per heavy atom. The number of carbonyl (C=O) groups is 1. The highest BCUT2D eigenvalue weighted by atomic mass is 16.2. The molecule has 0 aromatic carbocycles. The van der Waals surface area contributed by atoms with Crippen molar-refractivity contribution < 1.29 is 4.79 Å². The number of aliphatic imine (C=N–C) groups is 1. The quantitative estimate of drug-likeness (QED) is 0.898. The molecule has 0 spiro atoms. The number of hydrogen-bond donors (Lipinski definition) is 1. The van der Waals surface area contributed by atoms with Gasteiger partial charge in [0.2, 0.25) is 5.91 Å². The molecule has 1 aromatic rings. The normalized spacial score (nSPS) is 28.7. The van der Waals surface area contributed by atoms with Crippen molar-refractivity contribution in [2.75, 3.05) is 25.0 Å². The number of pyridine rings is 1. The summed E-state index contributed by atoms with van der Waals surface area (Å²) in [6.07, 6.45) is 4.45. The van der Waals surface area contributed by atoms with Gasteiger partial charge in [0.05, 0.1) is 12.0 Å². The maximum atomic E-state index is 12.2. The van der Waals surface area contributed by atoms with Gasteiger partial charge >= 0.3 is 0 Å². The third kappa shape index (κ3) is 3.02. The molecule has 2 aliphatic rings. The van der Waals surface area contributed by atoms with Crippen LogP contribution in [0.2, 0.25) is 0 Å². The fourth-order valence-electron chi connectivity index (χ4n) is 3.61. The minimum absolute atomic E-state index is 0.0527. The zero-order valence-corrected chi connectivity index (χ0v) is 14.1. The molecular formula is C17H25N5O. The number of carbonyl (C=O) groups excluding carboxylic acids is 1. The molecule has 3 heterocycles. The number of nitrogens with zero attached hydrogens (tertiary/aromatic N) is 4. The Hall–Kier alpha value is -2.11. The van der Waals surface area contributed by atoms with Crippen LogP contribution in [0.4, 0.5) is 5.69 Å². The van der Waals surface area contributed by atoms with E-state index in [4.69, 9.17) is 5.73 Å². The van der Waals surface area contributed by atoms with Crippen molar-refractivity contribution in [2.45, 2.75) is 38.6 Å². The minimum atomic E-state index is -0.408. The molecule has 6 heteroatoms. The Morgan fingerprint density at radius 1 is 1.43 bits per heavy atom. The molecule has 2 N–H and O–H groups in total. The topological polar surface area (TPSA) is 74.8 Å². The minimum Gasteiger partial charge on any atom is -0.371 e. The number of nitrogens with two attached hydrogens (primary N) is 1. The van der Waals surface area contributed by atoms with Crippen LogP contribution < -0.4 is 10.6 Å². The predicted molar refractivity (Wildman–Crippen MR) is 91.3 cm³/mol. The van der Waals surface area contributed by atoms with Crippen molar-refractivity contribution in [3.8, 4) is 0 Å². The van der Waals surface area contributed by atoms with E-state index in [9.17, 15) is 4.79 Å². The number of rotatable bonds is 2. The Kier molecular flexibility index (Phi) is 4.00. The summed E-state index contributed by atoms with van der Waals surface area (Å²) in [4.78, 5) is 25.0. The summed E-state index contributed by atoms with van der Waals surface area (Å²) in [6.45, 7) is 6.00. The number of aromatic nitrogens is 1. The van der Waals surface area contributed by atoms with Crippen LogP contribution in [0.15, 0.2) is 23.3 Å². The maximum absolute atomic E-state index is 12.2. The van der Waals surface area contributed by atoms with Gasteiger partial charge in [0.25, 0.3) is 0 Å². The first kappa shape index (κ1) is 15.8. The van der Waals surface area contributed by atoms with Crippen LogP contribution in [-0.2, 0) is 4.79 Å². The number of amides is 1. The zero-order chi connectivity index (χ0) is 16.6. The lowest BCUT2D eigenvalue weighted by molar-refractivity contribution is -0.129. The van der Waals surface area contributed by atoms with Gasteiger partial charge in [-0.2, -0.15) is 0 Å². The number of guanidine groups is 1. The lowest BCUT2D eigenvalue weighted by atomic mass is 9.77. The van der Waals surface area contributed by atoms with Crippen molar-refractivity contribution >= 4 is 17.6 Å². The van der Waals surface area contributed by atoms with Crippen molar-refractivity contribution in [3.63, 3.8) is 0 Å². The first-order chi connectivity index (χ1) is 10.9. The standard InChI is InChI=1S/C17H25N5O/c1-12-9-14(6-7-19-12)22-8-4-5-13(11-22)17(2)10-15(23)21(3)16(18)20-17/h6-7,9,13H,4-5,8,10-11H2,1-3H3,(H2,18,20)/t13?,17-/m0/s1. The van der Waals surface area contributed by atoms with E-state index in [1.807, 2.05) is 13.1 Å². The Bertz CT molecular complexity index is 644. The van der Waals surface area contributed by atoms with E-state index in [0.29, 0.717) is 18.3 Å². The van der Waals surface area contributed by atoms with Crippen LogP contribution in [0, 0.1) is 12.8 Å². The molecule has 23 heavy (non-hydrogen) atoms. The van der Waals surface area contributed by atoms with Crippen LogP contribution >= 0.6 is 0 Å². The summed E-state index contributed by atoms with van der Waals surface area (Å²) in [5.41, 5.74) is 7.76. The van der Waals surface area contributed by atoms with Gasteiger partial charge in [-0.3, -0.25) is 14.7 Å². The Balaban J connectivity index is 1.82. The van der Waals surface area contributed by atoms with Crippen LogP contribution in [0.3, 0.4) is 0 Å². The van der Waals surface area contributed by atoms with Gasteiger partial charge in [-0.15, -0.1) is 0 Å². The van der Waals surface area contributed by atoms with E-state index in [1.54, 1.807) is 7.05 Å². The number of anilines is 1. The molecule has 2 atom stereocenters. The number of hydrogen-bond acceptors (Lipinski definition) is 5. The molecule has 3 rings (SSSR count). The summed E-state index contributed by atoms with van der Waals surface area (Å²) >= 11 is 0. The maximum Gasteiger partial charge on any atom is 0.231 e. The molecule has 6 nitrogen and oxygen atoms in total. The average molecular weight is 315 g/mol. The van der Waals surface area contributed by atoms with Gasteiger partial charge in [-0.05, 0) is 38.8 Å². The van der Waals surface area contributed by atoms with Gasteiger partial charge in [0.1, 0.15) is 0 Å². The van der Waals surface area contributed by atoms with Crippen LogP contribution in [0.25, 0.3) is 0 Å². The monoisotopic (exact) mass is 315 g/mol. The molecule has 0 bridgehead atoms. The molecule has 1 amide bonds. The first-order valence-electron chi connectivity index (χ1n) is 8.18. The van der Waals surface area contributed by atoms with E-state index in [-0.39, 0.29) is 5.91 Å². The summed E-state index contributed by atoms with van der Waals surface area (Å²) in [5, 5.41) is 0. The highest BCUT2D eigenvalue weighted by molar-refractivity contribution is 5.98. The summed E-state index contributed by atoms with van der Waals surface area (Å²) < 4.78 is 0. The summed E-state index contributed by atoms with van der Waals surface area (Å²) in [6, 6.07) is 4.16. The van der Waals surface area contributed by atoms with Gasteiger partial charge in [-0.25, -0.2) is 4.99 Å². The third-order valence-corrected chi connectivity index (χ3v) is 5.14. The predicted octanol–water partition coefficient (Wildman–Crippen LogP) is 1.54. The van der Waals surface area contributed by atoms with E-state index in [1.165, 1.54) is 10.6 Å². The molecule has 2 aliphatic heterocycles. The second kappa shape index (κ2) is 5.83. The van der Waals surface area contributed by atoms with Gasteiger partial charge in [0, 0.05) is 43.6 Å². The van der Waals surface area contributed by atoms with E-state index >= 15 is 0 Å². The Labute approximate surface area is 137 Å². The molecule has 1 saturated heterocycles. The lowest BCUT2D eigenvalue weighted by Crippen LogP contribution is -2.54. The molecule has 0 aliphatic carbocycles. The Morgan fingerprint density at radius 3 is 2.91 bits per heavy atom. The zero-order valence-electron chi connectivity index (χ0n) is 14.1. The molecule has 1 fully saturated rings. The second-order valence-corrected chi connectivity index (χ2v) is 6.90. The molecule has 0 radical (unpaired) electrons. The van der Waals surface area contributed by atoms with Gasteiger partial charge in [0.15, 0.2) is 5.96 Å². The van der Waals surface area contributed by atoms with Gasteiger partial charge in [-0.1, -0.05) is 0 Å². The smallest absolute Gasteiger partial charge is 0.231 e. The van der Waals surface area contributed by atoms with Crippen molar-refractivity contribution in [1.29, 1.82) is 0 Å². The van der Waals surface area contributed by atoms with Crippen LogP contribution in [-0.4, -0.2) is 47.4 Å². The summed E-state index contributed by atoms with van der Waals surface area (Å²) in [5.74, 6) is 0.707. The largest absolute Gasteiger partial charge is 0.371 e. The van der Waals surface area contributed by atoms with Crippen molar-refractivity contribution in [3.05, 3.63) is 24.0 Å². The molecular weight excluding hydrogens is 290 g/mol. The number of aryl methyl sites for hydroxylation is 1. The first-order valence-corrected chi connectivity index (χ1v) is 8.18. The SMILES string of the molecule is Cc1cc(N2CCCC([C@]3(C)CC(=O)N(C)C(N)=N3)C2)ccn1. The van der Waals surface area contributed by atoms with E-state index in [0.717, 1.165) is 31.6 Å². The fourth-order valence-corrected chi connectivity index (χ4v) is 3.61. The fraction of sp³-hybridized carbons (Fsp3) is 0.588. The molecule has 1 unspecified atom stereocenters. The van der Waals surface area contributed by atoms with Crippen molar-refractivity contribution in [1.82, 2.24) is 9.88 Å². The van der Waals surface area contributed by atoms with E-state index < -0.39 is 5.54 Å².